The molecule has 31 heavy (non-hydrogen) atoms. The molecule has 0 unspecified atom stereocenters. The minimum Gasteiger partial charge on any atom is -0.492 e. The molecule has 2 aliphatic rings. The van der Waals surface area contributed by atoms with Crippen LogP contribution in [0.5, 0.6) is 5.75 Å². The number of benzene rings is 1. The van der Waals surface area contributed by atoms with Gasteiger partial charge in [-0.1, -0.05) is 30.3 Å². The van der Waals surface area contributed by atoms with Gasteiger partial charge in [0.05, 0.1) is 12.3 Å². The number of rotatable bonds is 9. The van der Waals surface area contributed by atoms with Crippen LogP contribution in [-0.4, -0.2) is 64.6 Å². The monoisotopic (exact) mass is 463 g/mol. The molecule has 1 aliphatic heterocycles. The molecule has 1 amide bonds. The zero-order valence-electron chi connectivity index (χ0n) is 18.2. The van der Waals surface area contributed by atoms with Crippen molar-refractivity contribution < 1.29 is 9.53 Å². The highest BCUT2D eigenvalue weighted by Crippen LogP contribution is 2.41. The maximum absolute atomic E-state index is 12.6. The van der Waals surface area contributed by atoms with Gasteiger partial charge in [0, 0.05) is 31.2 Å². The Labute approximate surface area is 193 Å². The summed E-state index contributed by atoms with van der Waals surface area (Å²) in [6.45, 7) is 5.34. The Hall–Kier alpha value is -1.93. The summed E-state index contributed by atoms with van der Waals surface area (Å²) in [4.78, 5) is 16.7. The third kappa shape index (κ3) is 5.86. The fourth-order valence-corrected chi connectivity index (χ4v) is 4.70. The van der Waals surface area contributed by atoms with E-state index in [4.69, 9.17) is 16.3 Å². The summed E-state index contributed by atoms with van der Waals surface area (Å²) in [6.07, 6.45) is 4.72. The Morgan fingerprint density at radius 1 is 1.19 bits per heavy atom. The van der Waals surface area contributed by atoms with Crippen LogP contribution in [0.15, 0.2) is 29.4 Å². The molecule has 1 aliphatic carbocycles. The van der Waals surface area contributed by atoms with E-state index in [0.717, 1.165) is 35.9 Å². The molecule has 1 saturated heterocycles. The van der Waals surface area contributed by atoms with Crippen molar-refractivity contribution in [3.8, 4) is 5.75 Å². The van der Waals surface area contributed by atoms with Crippen molar-refractivity contribution in [3.63, 3.8) is 0 Å². The van der Waals surface area contributed by atoms with Gasteiger partial charge in [-0.25, -0.2) is 0 Å². The SMILES string of the molecule is CC1CCN(c2nnc(SCC(=O)N(C)CCOc3ccc(Cl)cc3)n2C2CC2)CC1. The van der Waals surface area contributed by atoms with E-state index in [9.17, 15) is 4.79 Å². The molecule has 7 nitrogen and oxygen atoms in total. The molecule has 0 atom stereocenters. The van der Waals surface area contributed by atoms with Gasteiger partial charge in [0.1, 0.15) is 12.4 Å². The molecule has 0 N–H and O–H groups in total. The van der Waals surface area contributed by atoms with Crippen LogP contribution in [-0.2, 0) is 4.79 Å². The number of likely N-dealkylation sites (N-methyl/N-ethyl adjacent to an activating group) is 1. The van der Waals surface area contributed by atoms with Crippen LogP contribution in [0.2, 0.25) is 5.02 Å². The molecule has 0 radical (unpaired) electrons. The zero-order valence-corrected chi connectivity index (χ0v) is 19.7. The zero-order chi connectivity index (χ0) is 21.8. The number of ether oxygens (including phenoxy) is 1. The van der Waals surface area contributed by atoms with Crippen LogP contribution in [0.25, 0.3) is 0 Å². The molecule has 9 heteroatoms. The smallest absolute Gasteiger partial charge is 0.232 e. The number of anilines is 1. The van der Waals surface area contributed by atoms with Crippen LogP contribution in [0, 0.1) is 5.92 Å². The van der Waals surface area contributed by atoms with E-state index in [1.807, 2.05) is 12.1 Å². The molecular weight excluding hydrogens is 434 g/mol. The van der Waals surface area contributed by atoms with E-state index >= 15 is 0 Å². The van der Waals surface area contributed by atoms with E-state index < -0.39 is 0 Å². The van der Waals surface area contributed by atoms with Crippen molar-refractivity contribution in [1.82, 2.24) is 19.7 Å². The molecule has 168 valence electrons. The van der Waals surface area contributed by atoms with Crippen molar-refractivity contribution in [2.75, 3.05) is 43.9 Å². The van der Waals surface area contributed by atoms with Gasteiger partial charge in [-0.15, -0.1) is 10.2 Å². The molecule has 0 spiro atoms. The second-order valence-corrected chi connectivity index (χ2v) is 9.84. The number of nitrogens with zero attached hydrogens (tertiary/aromatic N) is 5. The molecule has 2 heterocycles. The second kappa shape index (κ2) is 10.1. The minimum absolute atomic E-state index is 0.0587. The number of hydrogen-bond acceptors (Lipinski definition) is 6. The molecular formula is C22H30ClN5O2S. The first-order valence-electron chi connectivity index (χ1n) is 11.0. The predicted octanol–water partition coefficient (Wildman–Crippen LogP) is 4.13. The molecule has 1 aromatic heterocycles. The van der Waals surface area contributed by atoms with Crippen LogP contribution in [0.4, 0.5) is 5.95 Å². The summed E-state index contributed by atoms with van der Waals surface area (Å²) in [5.74, 6) is 2.91. The summed E-state index contributed by atoms with van der Waals surface area (Å²) in [6, 6.07) is 7.71. The van der Waals surface area contributed by atoms with Gasteiger partial charge in [0.2, 0.25) is 11.9 Å². The van der Waals surface area contributed by atoms with Crippen molar-refractivity contribution in [2.45, 2.75) is 43.8 Å². The van der Waals surface area contributed by atoms with Gasteiger partial charge < -0.3 is 14.5 Å². The third-order valence-electron chi connectivity index (χ3n) is 5.88. The fraction of sp³-hybridized carbons (Fsp3) is 0.591. The highest BCUT2D eigenvalue weighted by Gasteiger charge is 2.32. The fourth-order valence-electron chi connectivity index (χ4n) is 3.64. The Bertz CT molecular complexity index is 879. The van der Waals surface area contributed by atoms with Gasteiger partial charge in [-0.3, -0.25) is 9.36 Å². The van der Waals surface area contributed by atoms with Crippen molar-refractivity contribution in [1.29, 1.82) is 0 Å². The Morgan fingerprint density at radius 2 is 1.90 bits per heavy atom. The van der Waals surface area contributed by atoms with Crippen LogP contribution in [0.1, 0.15) is 38.6 Å². The van der Waals surface area contributed by atoms with E-state index in [1.54, 1.807) is 24.1 Å². The van der Waals surface area contributed by atoms with Gasteiger partial charge in [-0.05, 0) is 55.9 Å². The Kier molecular flexibility index (Phi) is 7.27. The number of carbonyl (C=O) groups is 1. The summed E-state index contributed by atoms with van der Waals surface area (Å²) in [5, 5.41) is 10.5. The number of thioether (sulfide) groups is 1. The van der Waals surface area contributed by atoms with Crippen molar-refractivity contribution in [2.24, 2.45) is 5.92 Å². The summed E-state index contributed by atoms with van der Waals surface area (Å²) in [5.41, 5.74) is 0. The molecule has 2 fully saturated rings. The summed E-state index contributed by atoms with van der Waals surface area (Å²) < 4.78 is 7.95. The van der Waals surface area contributed by atoms with E-state index in [2.05, 4.69) is 26.6 Å². The second-order valence-electron chi connectivity index (χ2n) is 8.46. The lowest BCUT2D eigenvalue weighted by atomic mass is 10.00. The molecule has 2 aromatic rings. The molecule has 0 bridgehead atoms. The quantitative estimate of drug-likeness (QED) is 0.521. The first-order chi connectivity index (χ1) is 15.0. The van der Waals surface area contributed by atoms with Gasteiger partial charge in [0.15, 0.2) is 5.16 Å². The average Bonchev–Trinajstić information content (AvgIpc) is 3.53. The predicted molar refractivity (Wildman–Crippen MR) is 124 cm³/mol. The topological polar surface area (TPSA) is 63.5 Å². The van der Waals surface area contributed by atoms with Gasteiger partial charge in [-0.2, -0.15) is 0 Å². The third-order valence-corrected chi connectivity index (χ3v) is 7.06. The lowest BCUT2D eigenvalue weighted by Crippen LogP contribution is -2.34. The van der Waals surface area contributed by atoms with E-state index in [0.29, 0.717) is 30.0 Å². The van der Waals surface area contributed by atoms with Crippen LogP contribution < -0.4 is 9.64 Å². The minimum atomic E-state index is 0.0587. The van der Waals surface area contributed by atoms with Crippen molar-refractivity contribution in [3.05, 3.63) is 29.3 Å². The molecule has 1 saturated carbocycles. The van der Waals surface area contributed by atoms with Gasteiger partial charge in [0.25, 0.3) is 0 Å². The first-order valence-corrected chi connectivity index (χ1v) is 12.3. The lowest BCUT2D eigenvalue weighted by Gasteiger charge is -2.31. The normalized spacial score (nSPS) is 17.1. The Balaban J connectivity index is 1.28. The standard InChI is InChI=1S/C22H30ClN5O2S/c1-16-9-11-27(12-10-16)21-24-25-22(28(21)18-5-6-18)31-15-20(29)26(2)13-14-30-19-7-3-17(23)4-8-19/h3-4,7-8,16,18H,5-6,9-15H2,1-2H3. The van der Waals surface area contributed by atoms with Crippen LogP contribution in [0.3, 0.4) is 0 Å². The van der Waals surface area contributed by atoms with E-state index in [1.165, 1.54) is 37.4 Å². The Morgan fingerprint density at radius 3 is 2.58 bits per heavy atom. The maximum Gasteiger partial charge on any atom is 0.232 e. The number of piperidine rings is 1. The number of amides is 1. The highest BCUT2D eigenvalue weighted by molar-refractivity contribution is 7.99. The highest BCUT2D eigenvalue weighted by atomic mass is 35.5. The number of halogens is 1. The number of aromatic nitrogens is 3. The number of hydrogen-bond donors (Lipinski definition) is 0. The summed E-state index contributed by atoms with van der Waals surface area (Å²) in [7, 11) is 1.81. The van der Waals surface area contributed by atoms with E-state index in [-0.39, 0.29) is 5.91 Å². The molecule has 1 aromatic carbocycles. The van der Waals surface area contributed by atoms with Gasteiger partial charge >= 0.3 is 0 Å². The molecule has 4 rings (SSSR count). The summed E-state index contributed by atoms with van der Waals surface area (Å²) >= 11 is 7.37. The van der Waals surface area contributed by atoms with Crippen LogP contribution >= 0.6 is 23.4 Å². The van der Waals surface area contributed by atoms with Crippen molar-refractivity contribution >= 4 is 35.2 Å². The lowest BCUT2D eigenvalue weighted by molar-refractivity contribution is -0.127. The average molecular weight is 464 g/mol. The first kappa shape index (κ1) is 22.3. The number of carbonyl (C=O) groups excluding carboxylic acids is 1. The maximum atomic E-state index is 12.6. The largest absolute Gasteiger partial charge is 0.492 e.